The number of nitrogens with zero attached hydrogens (tertiary/aromatic N) is 1. The summed E-state index contributed by atoms with van der Waals surface area (Å²) in [6.45, 7) is 0. The van der Waals surface area contributed by atoms with Gasteiger partial charge in [0.25, 0.3) is 0 Å². The van der Waals surface area contributed by atoms with Crippen molar-refractivity contribution in [3.8, 4) is 0 Å². The maximum atomic E-state index is 12.5. The number of nitro benzene ring substituents is 1. The third-order valence-electron chi connectivity index (χ3n) is 3.67. The summed E-state index contributed by atoms with van der Waals surface area (Å²) in [4.78, 5) is 10.3. The molecule has 1 aliphatic carbocycles. The lowest BCUT2D eigenvalue weighted by Gasteiger charge is -2.22. The van der Waals surface area contributed by atoms with Crippen LogP contribution in [-0.4, -0.2) is 26.4 Å². The van der Waals surface area contributed by atoms with E-state index in [1.165, 1.54) is 25.2 Å². The zero-order valence-corrected chi connectivity index (χ0v) is 12.6. The van der Waals surface area contributed by atoms with Crippen molar-refractivity contribution in [3.05, 3.63) is 28.3 Å². The predicted octanol–water partition coefficient (Wildman–Crippen LogP) is 2.25. The van der Waals surface area contributed by atoms with Crippen molar-refractivity contribution in [2.45, 2.75) is 43.0 Å². The molecule has 0 heterocycles. The van der Waals surface area contributed by atoms with E-state index in [1.807, 2.05) is 0 Å². The van der Waals surface area contributed by atoms with Crippen molar-refractivity contribution < 1.29 is 13.3 Å². The molecule has 0 bridgehead atoms. The molecule has 0 aliphatic heterocycles. The Morgan fingerprint density at radius 3 is 2.48 bits per heavy atom. The quantitative estimate of drug-likeness (QED) is 0.641. The summed E-state index contributed by atoms with van der Waals surface area (Å²) < 4.78 is 27.5. The third kappa shape index (κ3) is 3.51. The van der Waals surface area contributed by atoms with Gasteiger partial charge in [0.05, 0.1) is 4.92 Å². The number of para-hydroxylation sites is 1. The highest BCUT2D eigenvalue weighted by Crippen LogP contribution is 2.32. The van der Waals surface area contributed by atoms with E-state index in [-0.39, 0.29) is 16.6 Å². The molecule has 1 saturated carbocycles. The molecule has 1 aromatic carbocycles. The molecule has 1 fully saturated rings. The van der Waals surface area contributed by atoms with Crippen molar-refractivity contribution in [2.75, 3.05) is 12.4 Å². The van der Waals surface area contributed by atoms with Crippen LogP contribution in [0, 0.1) is 10.1 Å². The largest absolute Gasteiger partial charge is 0.383 e. The monoisotopic (exact) mass is 313 g/mol. The molecule has 1 aliphatic rings. The first-order valence-electron chi connectivity index (χ1n) is 6.93. The molecule has 8 heteroatoms. The van der Waals surface area contributed by atoms with Crippen molar-refractivity contribution in [1.29, 1.82) is 0 Å². The van der Waals surface area contributed by atoms with Gasteiger partial charge in [0.15, 0.2) is 4.90 Å². The van der Waals surface area contributed by atoms with Crippen LogP contribution in [0.3, 0.4) is 0 Å². The predicted molar refractivity (Wildman–Crippen MR) is 79.8 cm³/mol. The van der Waals surface area contributed by atoms with E-state index >= 15 is 0 Å². The SMILES string of the molecule is CNc1cccc(S(=O)(=O)NC2CCCCC2)c1[N+](=O)[O-]. The molecule has 0 unspecified atom stereocenters. The van der Waals surface area contributed by atoms with Crippen molar-refractivity contribution in [3.63, 3.8) is 0 Å². The summed E-state index contributed by atoms with van der Waals surface area (Å²) in [6.07, 6.45) is 4.61. The molecule has 0 spiro atoms. The van der Waals surface area contributed by atoms with Crippen LogP contribution in [0.4, 0.5) is 11.4 Å². The maximum Gasteiger partial charge on any atom is 0.312 e. The summed E-state index contributed by atoms with van der Waals surface area (Å²) in [5.74, 6) is 0. The highest BCUT2D eigenvalue weighted by atomic mass is 32.2. The number of anilines is 1. The molecule has 0 radical (unpaired) electrons. The minimum absolute atomic E-state index is 0.137. The van der Waals surface area contributed by atoms with E-state index in [2.05, 4.69) is 10.0 Å². The van der Waals surface area contributed by atoms with Crippen LogP contribution in [0.25, 0.3) is 0 Å². The summed E-state index contributed by atoms with van der Waals surface area (Å²) in [6, 6.07) is 4.11. The summed E-state index contributed by atoms with van der Waals surface area (Å²) in [7, 11) is -2.38. The van der Waals surface area contributed by atoms with Gasteiger partial charge in [-0.2, -0.15) is 0 Å². The molecule has 0 atom stereocenters. The van der Waals surface area contributed by atoms with Crippen molar-refractivity contribution in [2.24, 2.45) is 0 Å². The number of benzene rings is 1. The molecule has 0 aromatic heterocycles. The summed E-state index contributed by atoms with van der Waals surface area (Å²) in [5.41, 5.74) is -0.227. The van der Waals surface area contributed by atoms with E-state index in [0.717, 1.165) is 32.1 Å². The first-order chi connectivity index (χ1) is 9.95. The van der Waals surface area contributed by atoms with Crippen LogP contribution in [0.5, 0.6) is 0 Å². The van der Waals surface area contributed by atoms with Gasteiger partial charge in [0, 0.05) is 13.1 Å². The van der Waals surface area contributed by atoms with Gasteiger partial charge >= 0.3 is 5.69 Å². The zero-order valence-electron chi connectivity index (χ0n) is 11.8. The zero-order chi connectivity index (χ0) is 15.5. The third-order valence-corrected chi connectivity index (χ3v) is 5.22. The van der Waals surface area contributed by atoms with Gasteiger partial charge < -0.3 is 5.32 Å². The fraction of sp³-hybridized carbons (Fsp3) is 0.538. The lowest BCUT2D eigenvalue weighted by molar-refractivity contribution is -0.386. The van der Waals surface area contributed by atoms with Crippen molar-refractivity contribution in [1.82, 2.24) is 4.72 Å². The Bertz CT molecular complexity index is 624. The van der Waals surface area contributed by atoms with Gasteiger partial charge in [-0.05, 0) is 25.0 Å². The lowest BCUT2D eigenvalue weighted by atomic mass is 9.96. The fourth-order valence-electron chi connectivity index (χ4n) is 2.63. The van der Waals surface area contributed by atoms with E-state index in [1.54, 1.807) is 0 Å². The average Bonchev–Trinajstić information content (AvgIpc) is 2.46. The van der Waals surface area contributed by atoms with Gasteiger partial charge in [-0.25, -0.2) is 13.1 Å². The van der Waals surface area contributed by atoms with E-state index in [9.17, 15) is 18.5 Å². The second-order valence-corrected chi connectivity index (χ2v) is 6.80. The number of nitrogens with one attached hydrogen (secondary N) is 2. The lowest BCUT2D eigenvalue weighted by Crippen LogP contribution is -2.36. The molecule has 1 aromatic rings. The van der Waals surface area contributed by atoms with E-state index in [4.69, 9.17) is 0 Å². The Hall–Kier alpha value is -1.67. The van der Waals surface area contributed by atoms with Crippen molar-refractivity contribution >= 4 is 21.4 Å². The highest BCUT2D eigenvalue weighted by Gasteiger charge is 2.30. The topological polar surface area (TPSA) is 101 Å². The molecule has 21 heavy (non-hydrogen) atoms. The van der Waals surface area contributed by atoms with E-state index in [0.29, 0.717) is 0 Å². The van der Waals surface area contributed by atoms with Gasteiger partial charge in [-0.3, -0.25) is 10.1 Å². The Balaban J connectivity index is 2.37. The minimum Gasteiger partial charge on any atom is -0.383 e. The molecule has 2 N–H and O–H groups in total. The smallest absolute Gasteiger partial charge is 0.312 e. The molecular formula is C13H19N3O4S. The molecule has 0 saturated heterocycles. The standard InChI is InChI=1S/C13H19N3O4S/c1-14-11-8-5-9-12(13(11)16(17)18)21(19,20)15-10-6-3-2-4-7-10/h5,8-10,14-15H,2-4,6-7H2,1H3. The van der Waals surface area contributed by atoms with Gasteiger partial charge in [0.2, 0.25) is 10.0 Å². The Morgan fingerprint density at radius 1 is 1.24 bits per heavy atom. The normalized spacial score (nSPS) is 16.6. The fourth-order valence-corrected chi connectivity index (χ4v) is 4.13. The molecule has 116 valence electrons. The van der Waals surface area contributed by atoms with Gasteiger partial charge in [0.1, 0.15) is 5.69 Å². The first-order valence-corrected chi connectivity index (χ1v) is 8.41. The summed E-state index contributed by atoms with van der Waals surface area (Å²) >= 11 is 0. The van der Waals surface area contributed by atoms with Crippen LogP contribution >= 0.6 is 0 Å². The van der Waals surface area contributed by atoms with Gasteiger partial charge in [-0.15, -0.1) is 0 Å². The number of rotatable bonds is 5. The van der Waals surface area contributed by atoms with Crippen LogP contribution in [0.1, 0.15) is 32.1 Å². The Labute approximate surface area is 123 Å². The van der Waals surface area contributed by atoms with Crippen LogP contribution in [0.15, 0.2) is 23.1 Å². The molecular weight excluding hydrogens is 294 g/mol. The Morgan fingerprint density at radius 2 is 1.90 bits per heavy atom. The molecule has 7 nitrogen and oxygen atoms in total. The molecule has 0 amide bonds. The number of sulfonamides is 1. The second-order valence-electron chi connectivity index (χ2n) is 5.12. The average molecular weight is 313 g/mol. The first kappa shape index (κ1) is 15.7. The Kier molecular flexibility index (Phi) is 4.79. The van der Waals surface area contributed by atoms with Crippen LogP contribution in [0.2, 0.25) is 0 Å². The van der Waals surface area contributed by atoms with Crippen LogP contribution in [-0.2, 0) is 10.0 Å². The maximum absolute atomic E-state index is 12.5. The highest BCUT2D eigenvalue weighted by molar-refractivity contribution is 7.89. The minimum atomic E-state index is -3.90. The number of hydrogen-bond donors (Lipinski definition) is 2. The van der Waals surface area contributed by atoms with E-state index < -0.39 is 20.6 Å². The molecule has 2 rings (SSSR count). The number of nitro groups is 1. The summed E-state index contributed by atoms with van der Waals surface area (Å²) in [5, 5.41) is 13.9. The second kappa shape index (κ2) is 6.40. The van der Waals surface area contributed by atoms with Gasteiger partial charge in [-0.1, -0.05) is 25.3 Å². The number of hydrogen-bond acceptors (Lipinski definition) is 5. The van der Waals surface area contributed by atoms with Crippen LogP contribution < -0.4 is 10.0 Å².